The second-order valence-electron chi connectivity index (χ2n) is 2.97. The first-order valence-corrected chi connectivity index (χ1v) is 5.12. The normalized spacial score (nSPS) is 10.2. The van der Waals surface area contributed by atoms with Crippen LogP contribution < -0.4 is 4.74 Å². The number of aldehydes is 1. The van der Waals surface area contributed by atoms with Gasteiger partial charge >= 0.3 is 0 Å². The Morgan fingerprint density at radius 3 is 2.69 bits per heavy atom. The van der Waals surface area contributed by atoms with Gasteiger partial charge in [0.25, 0.3) is 0 Å². The van der Waals surface area contributed by atoms with Gasteiger partial charge in [-0.15, -0.1) is 0 Å². The van der Waals surface area contributed by atoms with E-state index in [1.165, 1.54) is 0 Å². The number of ether oxygens (including phenoxy) is 1. The average molecular weight is 290 g/mol. The van der Waals surface area contributed by atoms with Gasteiger partial charge in [0.2, 0.25) is 0 Å². The molecule has 1 aromatic rings. The Labute approximate surface area is 91.4 Å². The van der Waals surface area contributed by atoms with E-state index in [-0.39, 0.29) is 6.10 Å². The van der Waals surface area contributed by atoms with Crippen molar-refractivity contribution in [3.05, 3.63) is 27.3 Å². The van der Waals surface area contributed by atoms with Crippen molar-refractivity contribution in [3.8, 4) is 5.75 Å². The van der Waals surface area contributed by atoms with Crippen LogP contribution in [0.25, 0.3) is 0 Å². The van der Waals surface area contributed by atoms with E-state index in [4.69, 9.17) is 4.74 Å². The SMILES string of the molecule is CC(C)Oc1ccc(I)c(C=O)c1. The summed E-state index contributed by atoms with van der Waals surface area (Å²) in [6.07, 6.45) is 0.981. The largest absolute Gasteiger partial charge is 0.491 e. The van der Waals surface area contributed by atoms with Crippen molar-refractivity contribution in [2.45, 2.75) is 20.0 Å². The van der Waals surface area contributed by atoms with Gasteiger partial charge in [0, 0.05) is 9.13 Å². The zero-order chi connectivity index (χ0) is 9.84. The molecule has 3 heteroatoms. The van der Waals surface area contributed by atoms with Crippen LogP contribution in [0.3, 0.4) is 0 Å². The number of benzene rings is 1. The van der Waals surface area contributed by atoms with Gasteiger partial charge in [0.15, 0.2) is 6.29 Å². The van der Waals surface area contributed by atoms with Crippen LogP contribution in [0, 0.1) is 3.57 Å². The highest BCUT2D eigenvalue weighted by molar-refractivity contribution is 14.1. The number of carbonyl (C=O) groups excluding carboxylic acids is 1. The second-order valence-corrected chi connectivity index (χ2v) is 4.13. The van der Waals surface area contributed by atoms with Crippen molar-refractivity contribution in [3.63, 3.8) is 0 Å². The third kappa shape index (κ3) is 2.99. The minimum Gasteiger partial charge on any atom is -0.491 e. The van der Waals surface area contributed by atoms with E-state index in [0.29, 0.717) is 5.56 Å². The molecule has 0 aliphatic carbocycles. The minimum absolute atomic E-state index is 0.138. The summed E-state index contributed by atoms with van der Waals surface area (Å²) in [5.74, 6) is 0.748. The highest BCUT2D eigenvalue weighted by Gasteiger charge is 2.02. The molecule has 2 nitrogen and oxygen atoms in total. The molecule has 1 aromatic carbocycles. The first-order chi connectivity index (χ1) is 6.13. The predicted molar refractivity (Wildman–Crippen MR) is 60.3 cm³/mol. The van der Waals surface area contributed by atoms with Crippen molar-refractivity contribution in [2.75, 3.05) is 0 Å². The van der Waals surface area contributed by atoms with Crippen LogP contribution in [0.4, 0.5) is 0 Å². The maximum Gasteiger partial charge on any atom is 0.151 e. The molecule has 0 N–H and O–H groups in total. The van der Waals surface area contributed by atoms with Crippen LogP contribution >= 0.6 is 22.6 Å². The molecule has 0 fully saturated rings. The van der Waals surface area contributed by atoms with Gasteiger partial charge in [-0.3, -0.25) is 4.79 Å². The van der Waals surface area contributed by atoms with Crippen molar-refractivity contribution >= 4 is 28.9 Å². The second kappa shape index (κ2) is 4.60. The molecule has 0 radical (unpaired) electrons. The fourth-order valence-electron chi connectivity index (χ4n) is 0.958. The minimum atomic E-state index is 0.138. The van der Waals surface area contributed by atoms with Crippen LogP contribution in [0.2, 0.25) is 0 Å². The Balaban J connectivity index is 2.92. The molecule has 13 heavy (non-hydrogen) atoms. The van der Waals surface area contributed by atoms with E-state index in [1.807, 2.05) is 26.0 Å². The van der Waals surface area contributed by atoms with E-state index in [9.17, 15) is 4.79 Å². The third-order valence-corrected chi connectivity index (χ3v) is 2.45. The number of halogens is 1. The molecule has 0 bridgehead atoms. The summed E-state index contributed by atoms with van der Waals surface area (Å²) in [5, 5.41) is 0. The van der Waals surface area contributed by atoms with Crippen LogP contribution in [-0.4, -0.2) is 12.4 Å². The lowest BCUT2D eigenvalue weighted by molar-refractivity contribution is 0.112. The first-order valence-electron chi connectivity index (χ1n) is 4.05. The van der Waals surface area contributed by atoms with Crippen molar-refractivity contribution in [1.29, 1.82) is 0 Å². The summed E-state index contributed by atoms with van der Waals surface area (Å²) in [6, 6.07) is 5.51. The summed E-state index contributed by atoms with van der Waals surface area (Å²) in [5.41, 5.74) is 0.679. The highest BCUT2D eigenvalue weighted by Crippen LogP contribution is 2.18. The number of carbonyl (C=O) groups is 1. The number of rotatable bonds is 3. The Morgan fingerprint density at radius 2 is 2.15 bits per heavy atom. The van der Waals surface area contributed by atoms with Crippen LogP contribution in [0.5, 0.6) is 5.75 Å². The summed E-state index contributed by atoms with van der Waals surface area (Å²) in [4.78, 5) is 10.6. The standard InChI is InChI=1S/C10H11IO2/c1-7(2)13-9-3-4-10(11)8(5-9)6-12/h3-7H,1-2H3. The van der Waals surface area contributed by atoms with Gasteiger partial charge in [-0.2, -0.15) is 0 Å². The van der Waals surface area contributed by atoms with E-state index in [1.54, 1.807) is 6.07 Å². The summed E-state index contributed by atoms with van der Waals surface area (Å²) in [6.45, 7) is 3.91. The molecule has 0 atom stereocenters. The van der Waals surface area contributed by atoms with Gasteiger partial charge in [-0.25, -0.2) is 0 Å². The molecule has 70 valence electrons. The Kier molecular flexibility index (Phi) is 3.71. The molecular weight excluding hydrogens is 279 g/mol. The molecular formula is C10H11IO2. The molecule has 1 rings (SSSR count). The summed E-state index contributed by atoms with van der Waals surface area (Å²) < 4.78 is 6.40. The van der Waals surface area contributed by atoms with Gasteiger partial charge in [-0.05, 0) is 54.6 Å². The van der Waals surface area contributed by atoms with Crippen molar-refractivity contribution < 1.29 is 9.53 Å². The average Bonchev–Trinajstić information content (AvgIpc) is 2.07. The molecule has 0 aliphatic rings. The topological polar surface area (TPSA) is 26.3 Å². The molecule has 0 spiro atoms. The fraction of sp³-hybridized carbons (Fsp3) is 0.300. The fourth-order valence-corrected chi connectivity index (χ4v) is 1.42. The number of hydrogen-bond donors (Lipinski definition) is 0. The van der Waals surface area contributed by atoms with Crippen LogP contribution in [0.15, 0.2) is 18.2 Å². The van der Waals surface area contributed by atoms with E-state index in [2.05, 4.69) is 22.6 Å². The summed E-state index contributed by atoms with van der Waals surface area (Å²) >= 11 is 2.12. The van der Waals surface area contributed by atoms with Gasteiger partial charge < -0.3 is 4.74 Å². The lowest BCUT2D eigenvalue weighted by Gasteiger charge is -2.10. The van der Waals surface area contributed by atoms with Gasteiger partial charge in [0.05, 0.1) is 6.10 Å². The molecule has 0 aromatic heterocycles. The van der Waals surface area contributed by atoms with E-state index >= 15 is 0 Å². The molecule has 0 amide bonds. The van der Waals surface area contributed by atoms with Crippen molar-refractivity contribution in [1.82, 2.24) is 0 Å². The maximum atomic E-state index is 10.6. The van der Waals surface area contributed by atoms with Crippen LogP contribution in [0.1, 0.15) is 24.2 Å². The quantitative estimate of drug-likeness (QED) is 0.632. The maximum absolute atomic E-state index is 10.6. The van der Waals surface area contributed by atoms with E-state index in [0.717, 1.165) is 15.6 Å². The number of hydrogen-bond acceptors (Lipinski definition) is 2. The van der Waals surface area contributed by atoms with Crippen LogP contribution in [-0.2, 0) is 0 Å². The zero-order valence-electron chi connectivity index (χ0n) is 7.58. The lowest BCUT2D eigenvalue weighted by atomic mass is 10.2. The summed E-state index contributed by atoms with van der Waals surface area (Å²) in [7, 11) is 0. The lowest BCUT2D eigenvalue weighted by Crippen LogP contribution is -2.05. The molecule has 0 unspecified atom stereocenters. The molecule has 0 saturated carbocycles. The Hall–Kier alpha value is -0.580. The Morgan fingerprint density at radius 1 is 1.46 bits per heavy atom. The predicted octanol–water partition coefficient (Wildman–Crippen LogP) is 2.89. The van der Waals surface area contributed by atoms with Gasteiger partial charge in [-0.1, -0.05) is 0 Å². The smallest absolute Gasteiger partial charge is 0.151 e. The Bertz CT molecular complexity index is 308. The highest BCUT2D eigenvalue weighted by atomic mass is 127. The van der Waals surface area contributed by atoms with Crippen molar-refractivity contribution in [2.24, 2.45) is 0 Å². The zero-order valence-corrected chi connectivity index (χ0v) is 9.74. The van der Waals surface area contributed by atoms with E-state index < -0.39 is 0 Å². The molecule has 0 saturated heterocycles. The molecule has 0 heterocycles. The molecule has 0 aliphatic heterocycles. The van der Waals surface area contributed by atoms with Gasteiger partial charge in [0.1, 0.15) is 5.75 Å². The first kappa shape index (κ1) is 10.5. The monoisotopic (exact) mass is 290 g/mol. The third-order valence-electron chi connectivity index (χ3n) is 1.47.